The standard InChI is InChI=1S/C20H28N4O4/c1-6-8-24(9-7-2)18-13-21-15(12-22-18)20(25)23-14-10-16(26-3)19(28-5)17(11-14)27-4/h10-13H,6-9H2,1-5H3,(H,23,25). The second kappa shape index (κ2) is 10.3. The van der Waals surface area contributed by atoms with Crippen molar-refractivity contribution >= 4 is 17.4 Å². The molecule has 28 heavy (non-hydrogen) atoms. The molecule has 1 heterocycles. The number of anilines is 2. The maximum Gasteiger partial charge on any atom is 0.275 e. The molecular weight excluding hydrogens is 360 g/mol. The molecule has 0 aliphatic carbocycles. The average molecular weight is 388 g/mol. The van der Waals surface area contributed by atoms with E-state index in [9.17, 15) is 4.79 Å². The zero-order chi connectivity index (χ0) is 20.5. The summed E-state index contributed by atoms with van der Waals surface area (Å²) in [6.45, 7) is 6.05. The molecule has 0 saturated carbocycles. The molecule has 0 fully saturated rings. The van der Waals surface area contributed by atoms with Gasteiger partial charge in [0.2, 0.25) is 5.75 Å². The van der Waals surface area contributed by atoms with Crippen LogP contribution in [-0.2, 0) is 0 Å². The van der Waals surface area contributed by atoms with Crippen molar-refractivity contribution in [1.29, 1.82) is 0 Å². The van der Waals surface area contributed by atoms with Crippen molar-refractivity contribution in [1.82, 2.24) is 9.97 Å². The highest BCUT2D eigenvalue weighted by Gasteiger charge is 2.16. The van der Waals surface area contributed by atoms with Crippen LogP contribution in [0.25, 0.3) is 0 Å². The van der Waals surface area contributed by atoms with Gasteiger partial charge in [-0.25, -0.2) is 9.97 Å². The van der Waals surface area contributed by atoms with Crippen LogP contribution in [-0.4, -0.2) is 50.3 Å². The molecule has 0 spiro atoms. The van der Waals surface area contributed by atoms with Crippen molar-refractivity contribution in [2.75, 3.05) is 44.6 Å². The predicted octanol–water partition coefficient (Wildman–Crippen LogP) is 3.38. The Kier molecular flexibility index (Phi) is 7.86. The third kappa shape index (κ3) is 5.03. The molecule has 0 bridgehead atoms. The van der Waals surface area contributed by atoms with Gasteiger partial charge >= 0.3 is 0 Å². The number of methoxy groups -OCH3 is 3. The van der Waals surface area contributed by atoms with Crippen LogP contribution in [0.1, 0.15) is 37.2 Å². The molecule has 8 nitrogen and oxygen atoms in total. The molecule has 1 N–H and O–H groups in total. The first-order valence-electron chi connectivity index (χ1n) is 9.26. The summed E-state index contributed by atoms with van der Waals surface area (Å²) in [5.41, 5.74) is 0.731. The van der Waals surface area contributed by atoms with E-state index in [2.05, 4.69) is 34.0 Å². The van der Waals surface area contributed by atoms with Gasteiger partial charge in [0.05, 0.1) is 33.7 Å². The summed E-state index contributed by atoms with van der Waals surface area (Å²) in [7, 11) is 4.56. The summed E-state index contributed by atoms with van der Waals surface area (Å²) in [6.07, 6.45) is 5.16. The molecule has 0 radical (unpaired) electrons. The van der Waals surface area contributed by atoms with Crippen LogP contribution in [0.4, 0.5) is 11.5 Å². The quantitative estimate of drug-likeness (QED) is 0.668. The lowest BCUT2D eigenvalue weighted by Gasteiger charge is -2.22. The van der Waals surface area contributed by atoms with Gasteiger partial charge in [-0.1, -0.05) is 13.8 Å². The van der Waals surface area contributed by atoms with Crippen molar-refractivity contribution in [3.05, 3.63) is 30.2 Å². The van der Waals surface area contributed by atoms with E-state index in [1.54, 1.807) is 18.3 Å². The minimum atomic E-state index is -0.370. The van der Waals surface area contributed by atoms with Crippen LogP contribution in [0.5, 0.6) is 17.2 Å². The zero-order valence-corrected chi connectivity index (χ0v) is 17.1. The Bertz CT molecular complexity index is 749. The molecule has 2 aromatic rings. The normalized spacial score (nSPS) is 10.3. The second-order valence-electron chi connectivity index (χ2n) is 6.12. The molecule has 8 heteroatoms. The maximum atomic E-state index is 12.6. The Hall–Kier alpha value is -3.03. The van der Waals surface area contributed by atoms with Crippen LogP contribution >= 0.6 is 0 Å². The Labute approximate surface area is 165 Å². The van der Waals surface area contributed by atoms with E-state index in [1.165, 1.54) is 27.5 Å². The molecule has 0 unspecified atom stereocenters. The van der Waals surface area contributed by atoms with E-state index >= 15 is 0 Å². The molecule has 1 aromatic carbocycles. The monoisotopic (exact) mass is 388 g/mol. The minimum absolute atomic E-state index is 0.227. The molecule has 0 aliphatic rings. The van der Waals surface area contributed by atoms with Crippen molar-refractivity contribution < 1.29 is 19.0 Å². The molecule has 1 aromatic heterocycles. The van der Waals surface area contributed by atoms with E-state index in [4.69, 9.17) is 14.2 Å². The lowest BCUT2D eigenvalue weighted by atomic mass is 10.2. The fourth-order valence-electron chi connectivity index (χ4n) is 2.83. The van der Waals surface area contributed by atoms with Gasteiger partial charge in [-0.2, -0.15) is 0 Å². The van der Waals surface area contributed by atoms with E-state index < -0.39 is 0 Å². The minimum Gasteiger partial charge on any atom is -0.493 e. The van der Waals surface area contributed by atoms with Gasteiger partial charge in [-0.15, -0.1) is 0 Å². The number of nitrogens with zero attached hydrogens (tertiary/aromatic N) is 3. The van der Waals surface area contributed by atoms with Gasteiger partial charge in [-0.05, 0) is 12.8 Å². The highest BCUT2D eigenvalue weighted by atomic mass is 16.5. The first-order chi connectivity index (χ1) is 13.6. The smallest absolute Gasteiger partial charge is 0.275 e. The summed E-state index contributed by atoms with van der Waals surface area (Å²) >= 11 is 0. The van der Waals surface area contributed by atoms with Gasteiger partial charge < -0.3 is 24.4 Å². The third-order valence-corrected chi connectivity index (χ3v) is 4.10. The predicted molar refractivity (Wildman–Crippen MR) is 109 cm³/mol. The number of carbonyl (C=O) groups excluding carboxylic acids is 1. The molecule has 152 valence electrons. The van der Waals surface area contributed by atoms with Gasteiger partial charge in [0.25, 0.3) is 5.91 Å². The van der Waals surface area contributed by atoms with Crippen LogP contribution < -0.4 is 24.4 Å². The molecular formula is C20H28N4O4. The lowest BCUT2D eigenvalue weighted by molar-refractivity contribution is 0.102. The summed E-state index contributed by atoms with van der Waals surface area (Å²) in [5.74, 6) is 1.76. The fraction of sp³-hybridized carbons (Fsp3) is 0.450. The summed E-state index contributed by atoms with van der Waals surface area (Å²) in [6, 6.07) is 3.32. The lowest BCUT2D eigenvalue weighted by Crippen LogP contribution is -2.26. The van der Waals surface area contributed by atoms with Gasteiger partial charge in [0.15, 0.2) is 11.5 Å². The number of amides is 1. The summed E-state index contributed by atoms with van der Waals surface area (Å²) in [5, 5.41) is 2.79. The van der Waals surface area contributed by atoms with E-state index in [1.807, 2.05) is 0 Å². The Morgan fingerprint density at radius 1 is 0.964 bits per heavy atom. The average Bonchev–Trinajstić information content (AvgIpc) is 2.72. The number of carbonyl (C=O) groups is 1. The van der Waals surface area contributed by atoms with Gasteiger partial charge in [0, 0.05) is 30.9 Å². The van der Waals surface area contributed by atoms with Crippen molar-refractivity contribution in [3.8, 4) is 17.2 Å². The second-order valence-corrected chi connectivity index (χ2v) is 6.12. The topological polar surface area (TPSA) is 85.8 Å². The SMILES string of the molecule is CCCN(CCC)c1cnc(C(=O)Nc2cc(OC)c(OC)c(OC)c2)cn1. The van der Waals surface area contributed by atoms with Crippen molar-refractivity contribution in [2.24, 2.45) is 0 Å². The Morgan fingerprint density at radius 2 is 1.57 bits per heavy atom. The van der Waals surface area contributed by atoms with Crippen molar-refractivity contribution in [3.63, 3.8) is 0 Å². The summed E-state index contributed by atoms with van der Waals surface area (Å²) < 4.78 is 15.9. The maximum absolute atomic E-state index is 12.6. The van der Waals surface area contributed by atoms with Crippen LogP contribution in [0, 0.1) is 0 Å². The Balaban J connectivity index is 2.18. The molecule has 0 atom stereocenters. The van der Waals surface area contributed by atoms with Gasteiger partial charge in [0.1, 0.15) is 11.5 Å². The number of hydrogen-bond acceptors (Lipinski definition) is 7. The van der Waals surface area contributed by atoms with Crippen molar-refractivity contribution in [2.45, 2.75) is 26.7 Å². The first kappa shape index (κ1) is 21.3. The number of aromatic nitrogens is 2. The van der Waals surface area contributed by atoms with E-state index in [-0.39, 0.29) is 11.6 Å². The highest BCUT2D eigenvalue weighted by Crippen LogP contribution is 2.39. The zero-order valence-electron chi connectivity index (χ0n) is 17.1. The number of nitrogens with one attached hydrogen (secondary N) is 1. The summed E-state index contributed by atoms with van der Waals surface area (Å²) in [4.78, 5) is 23.4. The molecule has 0 saturated heterocycles. The molecule has 0 aliphatic heterocycles. The number of rotatable bonds is 10. The van der Waals surface area contributed by atoms with Gasteiger partial charge in [-0.3, -0.25) is 4.79 Å². The van der Waals surface area contributed by atoms with Crippen LogP contribution in [0.2, 0.25) is 0 Å². The van der Waals surface area contributed by atoms with E-state index in [0.29, 0.717) is 22.9 Å². The number of benzene rings is 1. The molecule has 1 amide bonds. The third-order valence-electron chi connectivity index (χ3n) is 4.10. The van der Waals surface area contributed by atoms with Crippen LogP contribution in [0.3, 0.4) is 0 Å². The van der Waals surface area contributed by atoms with E-state index in [0.717, 1.165) is 31.7 Å². The largest absolute Gasteiger partial charge is 0.493 e. The Morgan fingerprint density at radius 3 is 2.00 bits per heavy atom. The fourth-order valence-corrected chi connectivity index (χ4v) is 2.83. The first-order valence-corrected chi connectivity index (χ1v) is 9.26. The highest BCUT2D eigenvalue weighted by molar-refractivity contribution is 6.03. The van der Waals surface area contributed by atoms with Crippen LogP contribution in [0.15, 0.2) is 24.5 Å². The number of ether oxygens (including phenoxy) is 3. The molecule has 2 rings (SSSR count). The number of hydrogen-bond donors (Lipinski definition) is 1.